The van der Waals surface area contributed by atoms with Gasteiger partial charge in [0, 0.05) is 30.7 Å². The number of nitrogens with one attached hydrogen (secondary N) is 1. The van der Waals surface area contributed by atoms with Gasteiger partial charge in [-0.2, -0.15) is 0 Å². The number of aromatic nitrogens is 1. The number of likely N-dealkylation sites (tertiary alicyclic amines) is 1. The van der Waals surface area contributed by atoms with Crippen molar-refractivity contribution in [3.63, 3.8) is 0 Å². The van der Waals surface area contributed by atoms with Crippen molar-refractivity contribution in [2.45, 2.75) is 33.6 Å². The molecule has 0 saturated carbocycles. The number of anilines is 2. The molecule has 2 aromatic rings. The maximum atomic E-state index is 12.7. The molecule has 4 heteroatoms. The maximum Gasteiger partial charge on any atom is 0.272 e. The largest absolute Gasteiger partial charge is 0.355 e. The summed E-state index contributed by atoms with van der Waals surface area (Å²) in [4.78, 5) is 18.9. The average molecular weight is 323 g/mol. The molecule has 4 nitrogen and oxygen atoms in total. The van der Waals surface area contributed by atoms with Crippen molar-refractivity contribution >= 4 is 17.3 Å². The number of carbonyl (C=O) groups is 1. The number of hydrogen-bond acceptors (Lipinski definition) is 3. The summed E-state index contributed by atoms with van der Waals surface area (Å²) >= 11 is 0. The third kappa shape index (κ3) is 3.58. The molecule has 1 aromatic heterocycles. The van der Waals surface area contributed by atoms with Crippen molar-refractivity contribution in [1.29, 1.82) is 0 Å². The molecule has 126 valence electrons. The summed E-state index contributed by atoms with van der Waals surface area (Å²) in [6.07, 6.45) is 3.98. The third-order valence-electron chi connectivity index (χ3n) is 4.67. The van der Waals surface area contributed by atoms with Crippen molar-refractivity contribution in [1.82, 2.24) is 9.88 Å². The normalized spacial score (nSPS) is 17.6. The minimum atomic E-state index is 0.0340. The van der Waals surface area contributed by atoms with E-state index in [0.29, 0.717) is 11.6 Å². The van der Waals surface area contributed by atoms with Crippen LogP contribution in [-0.2, 0) is 0 Å². The molecule has 1 fully saturated rings. The molecule has 0 aliphatic carbocycles. The van der Waals surface area contributed by atoms with Crippen molar-refractivity contribution < 1.29 is 4.79 Å². The van der Waals surface area contributed by atoms with E-state index in [1.807, 2.05) is 17.0 Å². The summed E-state index contributed by atoms with van der Waals surface area (Å²) in [6.45, 7) is 8.02. The smallest absolute Gasteiger partial charge is 0.272 e. The second-order valence-corrected chi connectivity index (χ2v) is 6.82. The number of aryl methyl sites for hydroxylation is 2. The maximum absolute atomic E-state index is 12.7. The highest BCUT2D eigenvalue weighted by Crippen LogP contribution is 2.25. The molecule has 1 atom stereocenters. The van der Waals surface area contributed by atoms with E-state index in [-0.39, 0.29) is 5.91 Å². The fourth-order valence-corrected chi connectivity index (χ4v) is 3.32. The molecule has 0 radical (unpaired) electrons. The predicted molar refractivity (Wildman–Crippen MR) is 97.7 cm³/mol. The molecule has 1 N–H and O–H groups in total. The highest BCUT2D eigenvalue weighted by atomic mass is 16.2. The minimum Gasteiger partial charge on any atom is -0.355 e. The second kappa shape index (κ2) is 7.04. The Balaban J connectivity index is 1.80. The van der Waals surface area contributed by atoms with Crippen LogP contribution in [0.4, 0.5) is 11.4 Å². The minimum absolute atomic E-state index is 0.0340. The van der Waals surface area contributed by atoms with E-state index in [1.165, 1.54) is 17.5 Å². The Bertz CT molecular complexity index is 721. The SMILES string of the molecule is Cc1cccc(C)c1Nc1ccnc(C(=O)N2CCCC(C)C2)c1. The standard InChI is InChI=1S/C20H25N3O/c1-14-6-5-11-23(13-14)20(24)18-12-17(9-10-21-18)22-19-15(2)7-4-8-16(19)3/h4,7-10,12,14H,5-6,11,13H2,1-3H3,(H,21,22). The second-order valence-electron chi connectivity index (χ2n) is 6.82. The lowest BCUT2D eigenvalue weighted by Gasteiger charge is -2.30. The van der Waals surface area contributed by atoms with E-state index in [1.54, 1.807) is 6.20 Å². The van der Waals surface area contributed by atoms with Crippen LogP contribution in [0.3, 0.4) is 0 Å². The third-order valence-corrected chi connectivity index (χ3v) is 4.67. The lowest BCUT2D eigenvalue weighted by molar-refractivity contribution is 0.0677. The fourth-order valence-electron chi connectivity index (χ4n) is 3.32. The molecular weight excluding hydrogens is 298 g/mol. The summed E-state index contributed by atoms with van der Waals surface area (Å²) < 4.78 is 0. The van der Waals surface area contributed by atoms with Gasteiger partial charge in [0.05, 0.1) is 0 Å². The molecule has 1 saturated heterocycles. The Morgan fingerprint density at radius 3 is 2.71 bits per heavy atom. The van der Waals surface area contributed by atoms with E-state index in [0.717, 1.165) is 30.9 Å². The van der Waals surface area contributed by atoms with E-state index in [9.17, 15) is 4.79 Å². The van der Waals surface area contributed by atoms with E-state index < -0.39 is 0 Å². The van der Waals surface area contributed by atoms with Crippen LogP contribution < -0.4 is 5.32 Å². The van der Waals surface area contributed by atoms with Crippen molar-refractivity contribution in [2.24, 2.45) is 5.92 Å². The Kier molecular flexibility index (Phi) is 4.84. The van der Waals surface area contributed by atoms with Gasteiger partial charge in [0.25, 0.3) is 5.91 Å². The molecule has 1 aliphatic heterocycles. The first-order valence-corrected chi connectivity index (χ1v) is 8.63. The number of benzene rings is 1. The van der Waals surface area contributed by atoms with Crippen molar-refractivity contribution in [3.8, 4) is 0 Å². The van der Waals surface area contributed by atoms with Gasteiger partial charge in [-0.1, -0.05) is 25.1 Å². The summed E-state index contributed by atoms with van der Waals surface area (Å²) in [7, 11) is 0. The van der Waals surface area contributed by atoms with Gasteiger partial charge < -0.3 is 10.2 Å². The van der Waals surface area contributed by atoms with Gasteiger partial charge in [0.15, 0.2) is 0 Å². The summed E-state index contributed by atoms with van der Waals surface area (Å²) in [5, 5.41) is 3.44. The summed E-state index contributed by atoms with van der Waals surface area (Å²) in [5.41, 5.74) is 4.87. The van der Waals surface area contributed by atoms with Gasteiger partial charge in [-0.3, -0.25) is 9.78 Å². The number of piperidine rings is 1. The topological polar surface area (TPSA) is 45.2 Å². The first kappa shape index (κ1) is 16.5. The highest BCUT2D eigenvalue weighted by molar-refractivity contribution is 5.93. The quantitative estimate of drug-likeness (QED) is 0.915. The van der Waals surface area contributed by atoms with E-state index in [4.69, 9.17) is 0 Å². The molecule has 0 bridgehead atoms. The van der Waals surface area contributed by atoms with E-state index in [2.05, 4.69) is 49.3 Å². The van der Waals surface area contributed by atoms with Crippen molar-refractivity contribution in [3.05, 3.63) is 53.3 Å². The monoisotopic (exact) mass is 323 g/mol. The Labute approximate surface area is 143 Å². The molecule has 1 aromatic carbocycles. The summed E-state index contributed by atoms with van der Waals surface area (Å²) in [6, 6.07) is 9.97. The van der Waals surface area contributed by atoms with Crippen LogP contribution >= 0.6 is 0 Å². The lowest BCUT2D eigenvalue weighted by atomic mass is 10.00. The number of carbonyl (C=O) groups excluding carboxylic acids is 1. The Morgan fingerprint density at radius 1 is 1.25 bits per heavy atom. The number of rotatable bonds is 3. The zero-order valence-corrected chi connectivity index (χ0v) is 14.7. The van der Waals surface area contributed by atoms with Crippen LogP contribution in [0.2, 0.25) is 0 Å². The molecule has 0 spiro atoms. The molecule has 2 heterocycles. The number of hydrogen-bond donors (Lipinski definition) is 1. The van der Waals surface area contributed by atoms with Crippen LogP contribution in [0.15, 0.2) is 36.5 Å². The first-order valence-electron chi connectivity index (χ1n) is 8.63. The Morgan fingerprint density at radius 2 is 2.00 bits per heavy atom. The van der Waals surface area contributed by atoms with Gasteiger partial charge >= 0.3 is 0 Å². The van der Waals surface area contributed by atoms with Crippen LogP contribution in [0.25, 0.3) is 0 Å². The van der Waals surface area contributed by atoms with E-state index >= 15 is 0 Å². The number of pyridine rings is 1. The van der Waals surface area contributed by atoms with Crippen molar-refractivity contribution in [2.75, 3.05) is 18.4 Å². The predicted octanol–water partition coefficient (Wildman–Crippen LogP) is 4.31. The fraction of sp³-hybridized carbons (Fsp3) is 0.400. The zero-order chi connectivity index (χ0) is 17.1. The zero-order valence-electron chi connectivity index (χ0n) is 14.7. The number of amides is 1. The van der Waals surface area contributed by atoms with Gasteiger partial charge in [-0.05, 0) is 55.9 Å². The van der Waals surface area contributed by atoms with Crippen LogP contribution in [0.5, 0.6) is 0 Å². The number of nitrogens with zero attached hydrogens (tertiary/aromatic N) is 2. The average Bonchev–Trinajstić information content (AvgIpc) is 2.58. The highest BCUT2D eigenvalue weighted by Gasteiger charge is 2.23. The van der Waals surface area contributed by atoms with Crippen LogP contribution in [0, 0.1) is 19.8 Å². The molecule has 1 aliphatic rings. The molecule has 1 unspecified atom stereocenters. The van der Waals surface area contributed by atoms with Gasteiger partial charge in [0.2, 0.25) is 0 Å². The molecular formula is C20H25N3O. The first-order chi connectivity index (χ1) is 11.5. The molecule has 24 heavy (non-hydrogen) atoms. The summed E-state index contributed by atoms with van der Waals surface area (Å²) in [5.74, 6) is 0.602. The van der Waals surface area contributed by atoms with Crippen LogP contribution in [-0.4, -0.2) is 28.9 Å². The van der Waals surface area contributed by atoms with Gasteiger partial charge in [0.1, 0.15) is 5.69 Å². The number of para-hydroxylation sites is 1. The molecule has 3 rings (SSSR count). The van der Waals surface area contributed by atoms with Gasteiger partial charge in [-0.25, -0.2) is 0 Å². The molecule has 1 amide bonds. The van der Waals surface area contributed by atoms with Gasteiger partial charge in [-0.15, -0.1) is 0 Å². The lowest BCUT2D eigenvalue weighted by Crippen LogP contribution is -2.39. The van der Waals surface area contributed by atoms with Crippen LogP contribution in [0.1, 0.15) is 41.4 Å². The Hall–Kier alpha value is -2.36.